The number of sulfonamides is 1. The monoisotopic (exact) mass is 620 g/mol. The van der Waals surface area contributed by atoms with Crippen LogP contribution in [0, 0.1) is 5.92 Å². The maximum absolute atomic E-state index is 13.4. The van der Waals surface area contributed by atoms with Crippen LogP contribution in [0.5, 0.6) is 0 Å². The van der Waals surface area contributed by atoms with E-state index in [0.29, 0.717) is 32.0 Å². The molecular weight excluding hydrogens is 581 g/mol. The number of carbonyl (C=O) groups excluding carboxylic acids is 2. The number of hydrogen-bond acceptors (Lipinski definition) is 5. The van der Waals surface area contributed by atoms with E-state index in [1.165, 1.54) is 10.4 Å². The molecule has 12 heteroatoms. The number of fused-ring (bicyclic) bond motifs is 1. The van der Waals surface area contributed by atoms with Crippen LogP contribution in [0.3, 0.4) is 0 Å². The molecule has 0 spiro atoms. The van der Waals surface area contributed by atoms with Crippen molar-refractivity contribution in [2.45, 2.75) is 87.5 Å². The summed E-state index contributed by atoms with van der Waals surface area (Å²) in [4.78, 5) is 25.4. The standard InChI is InChI=1S/C31H39F3N4O4S/c32-31(33,34)24-8-4-10-26(17-24)43(41,42)38-15-2-1-9-25(38)18-29(39)37-28-11-3-6-22-16-21(12-13-27(22)28)19-36-30(40)23-7-5-14-35-20-23/h4,8,10,12-13,16-17,23,25,28,35H,1-3,5-7,9,11,14-15,18-20H2,(H,36,40)(H,37,39)/t23?,25?,28-/m1/s1. The number of amides is 2. The molecule has 5 rings (SSSR count). The minimum atomic E-state index is -4.66. The van der Waals surface area contributed by atoms with Crippen molar-refractivity contribution in [2.24, 2.45) is 5.92 Å². The highest BCUT2D eigenvalue weighted by atomic mass is 32.2. The molecule has 0 aromatic heterocycles. The summed E-state index contributed by atoms with van der Waals surface area (Å²) in [6, 6.07) is 8.95. The highest BCUT2D eigenvalue weighted by molar-refractivity contribution is 7.89. The first-order valence-corrected chi connectivity index (χ1v) is 16.5. The van der Waals surface area contributed by atoms with Crippen LogP contribution >= 0.6 is 0 Å². The third-order valence-corrected chi connectivity index (χ3v) is 10.7. The molecule has 2 fully saturated rings. The van der Waals surface area contributed by atoms with Gasteiger partial charge in [-0.3, -0.25) is 9.59 Å². The van der Waals surface area contributed by atoms with Gasteiger partial charge in [0.25, 0.3) is 0 Å². The van der Waals surface area contributed by atoms with Gasteiger partial charge in [-0.2, -0.15) is 17.5 Å². The second-order valence-electron chi connectivity index (χ2n) is 11.8. The number of rotatable bonds is 8. The van der Waals surface area contributed by atoms with Gasteiger partial charge in [0, 0.05) is 32.1 Å². The van der Waals surface area contributed by atoms with Gasteiger partial charge >= 0.3 is 6.18 Å². The Bertz CT molecular complexity index is 1430. The molecule has 0 saturated carbocycles. The Morgan fingerprint density at radius 3 is 2.60 bits per heavy atom. The normalized spacial score (nSPS) is 23.3. The van der Waals surface area contributed by atoms with Crippen molar-refractivity contribution in [3.63, 3.8) is 0 Å². The van der Waals surface area contributed by atoms with Gasteiger partial charge in [0.1, 0.15) is 0 Å². The lowest BCUT2D eigenvalue weighted by molar-refractivity contribution is -0.137. The van der Waals surface area contributed by atoms with Crippen molar-refractivity contribution in [3.05, 3.63) is 64.7 Å². The fourth-order valence-corrected chi connectivity index (χ4v) is 8.21. The predicted octanol–water partition coefficient (Wildman–Crippen LogP) is 4.45. The van der Waals surface area contributed by atoms with E-state index >= 15 is 0 Å². The molecule has 2 unspecified atom stereocenters. The summed E-state index contributed by atoms with van der Waals surface area (Å²) in [5.74, 6) is -0.237. The van der Waals surface area contributed by atoms with Crippen molar-refractivity contribution in [2.75, 3.05) is 19.6 Å². The average molecular weight is 621 g/mol. The Kier molecular flexibility index (Phi) is 9.77. The molecular formula is C31H39F3N4O4S. The number of carbonyl (C=O) groups is 2. The summed E-state index contributed by atoms with van der Waals surface area (Å²) in [5, 5.41) is 9.39. The van der Waals surface area contributed by atoms with Gasteiger partial charge in [-0.05, 0) is 86.4 Å². The molecule has 3 atom stereocenters. The highest BCUT2D eigenvalue weighted by Crippen LogP contribution is 2.34. The maximum atomic E-state index is 13.4. The Morgan fingerprint density at radius 2 is 1.84 bits per heavy atom. The first kappa shape index (κ1) is 31.5. The van der Waals surface area contributed by atoms with Crippen LogP contribution < -0.4 is 16.0 Å². The molecule has 43 heavy (non-hydrogen) atoms. The largest absolute Gasteiger partial charge is 0.416 e. The molecule has 3 aliphatic rings. The van der Waals surface area contributed by atoms with E-state index in [1.54, 1.807) is 0 Å². The maximum Gasteiger partial charge on any atom is 0.416 e. The molecule has 2 aromatic rings. The van der Waals surface area contributed by atoms with Gasteiger partial charge in [0.05, 0.1) is 22.4 Å². The molecule has 0 radical (unpaired) electrons. The van der Waals surface area contributed by atoms with E-state index in [-0.39, 0.29) is 36.7 Å². The lowest BCUT2D eigenvalue weighted by Crippen LogP contribution is -2.46. The van der Waals surface area contributed by atoms with Crippen LogP contribution in [0.15, 0.2) is 47.4 Å². The molecule has 2 saturated heterocycles. The van der Waals surface area contributed by atoms with Crippen molar-refractivity contribution in [1.29, 1.82) is 0 Å². The van der Waals surface area contributed by atoms with Crippen LogP contribution in [-0.4, -0.2) is 50.2 Å². The molecule has 0 bridgehead atoms. The van der Waals surface area contributed by atoms with Gasteiger partial charge in [-0.25, -0.2) is 8.42 Å². The van der Waals surface area contributed by atoms with Crippen LogP contribution in [-0.2, 0) is 38.8 Å². The van der Waals surface area contributed by atoms with Gasteiger partial charge < -0.3 is 16.0 Å². The van der Waals surface area contributed by atoms with Crippen molar-refractivity contribution in [3.8, 4) is 0 Å². The number of piperidine rings is 2. The fourth-order valence-electron chi connectivity index (χ4n) is 6.47. The first-order chi connectivity index (χ1) is 20.5. The zero-order chi connectivity index (χ0) is 30.6. The van der Waals surface area contributed by atoms with Crippen LogP contribution in [0.25, 0.3) is 0 Å². The second-order valence-corrected chi connectivity index (χ2v) is 13.7. The summed E-state index contributed by atoms with van der Waals surface area (Å²) in [5.41, 5.74) is 2.11. The third kappa shape index (κ3) is 7.58. The predicted molar refractivity (Wildman–Crippen MR) is 155 cm³/mol. The number of benzene rings is 2. The minimum Gasteiger partial charge on any atom is -0.352 e. The zero-order valence-corrected chi connectivity index (χ0v) is 24.9. The summed E-state index contributed by atoms with van der Waals surface area (Å²) >= 11 is 0. The Balaban J connectivity index is 1.22. The molecule has 3 N–H and O–H groups in total. The summed E-state index contributed by atoms with van der Waals surface area (Å²) in [6.45, 7) is 2.24. The number of halogens is 3. The number of alkyl halides is 3. The van der Waals surface area contributed by atoms with Crippen molar-refractivity contribution < 1.29 is 31.2 Å². The molecule has 234 valence electrons. The van der Waals surface area contributed by atoms with Crippen LogP contribution in [0.2, 0.25) is 0 Å². The van der Waals surface area contributed by atoms with Gasteiger partial charge in [0.2, 0.25) is 21.8 Å². The smallest absolute Gasteiger partial charge is 0.352 e. The summed E-state index contributed by atoms with van der Waals surface area (Å²) < 4.78 is 67.8. The highest BCUT2D eigenvalue weighted by Gasteiger charge is 2.37. The zero-order valence-electron chi connectivity index (χ0n) is 24.1. The van der Waals surface area contributed by atoms with Crippen LogP contribution in [0.1, 0.15) is 79.7 Å². The molecule has 1 aliphatic carbocycles. The average Bonchev–Trinajstić information content (AvgIpc) is 3.00. The second kappa shape index (κ2) is 13.4. The number of hydrogen-bond donors (Lipinski definition) is 3. The molecule has 2 aliphatic heterocycles. The molecule has 2 heterocycles. The van der Waals surface area contributed by atoms with Gasteiger partial charge in [-0.1, -0.05) is 30.7 Å². The van der Waals surface area contributed by atoms with E-state index in [9.17, 15) is 31.2 Å². The number of nitrogens with zero attached hydrogens (tertiary/aromatic N) is 1. The minimum absolute atomic E-state index is 0.00824. The topological polar surface area (TPSA) is 108 Å². The Labute approximate surface area is 250 Å². The van der Waals surface area contributed by atoms with E-state index in [1.807, 2.05) is 12.1 Å². The van der Waals surface area contributed by atoms with Crippen LogP contribution in [0.4, 0.5) is 13.2 Å². The van der Waals surface area contributed by atoms with Gasteiger partial charge in [-0.15, -0.1) is 0 Å². The van der Waals surface area contributed by atoms with E-state index in [2.05, 4.69) is 22.0 Å². The SMILES string of the molecule is O=C(CC1CCCCN1S(=O)(=O)c1cccc(C(F)(F)F)c1)N[C@@H]1CCCc2cc(CNC(=O)C3CCCNC3)ccc21. The van der Waals surface area contributed by atoms with Crippen molar-refractivity contribution in [1.82, 2.24) is 20.3 Å². The lowest BCUT2D eigenvalue weighted by atomic mass is 9.86. The van der Waals surface area contributed by atoms with E-state index in [4.69, 9.17) is 0 Å². The van der Waals surface area contributed by atoms with Crippen molar-refractivity contribution >= 4 is 21.8 Å². The quantitative estimate of drug-likeness (QED) is 0.405. The molecule has 2 amide bonds. The first-order valence-electron chi connectivity index (χ1n) is 15.1. The Morgan fingerprint density at radius 1 is 1.00 bits per heavy atom. The molecule has 8 nitrogen and oxygen atoms in total. The van der Waals surface area contributed by atoms with E-state index < -0.39 is 32.7 Å². The number of aryl methyl sites for hydroxylation is 1. The number of nitrogens with one attached hydrogen (secondary N) is 3. The summed E-state index contributed by atoms with van der Waals surface area (Å²) in [6.07, 6.45) is 1.41. The van der Waals surface area contributed by atoms with E-state index in [0.717, 1.165) is 73.9 Å². The molecule has 2 aromatic carbocycles. The van der Waals surface area contributed by atoms with Gasteiger partial charge in [0.15, 0.2) is 0 Å². The lowest BCUT2D eigenvalue weighted by Gasteiger charge is -2.35. The fraction of sp³-hybridized carbons (Fsp3) is 0.548. The third-order valence-electron chi connectivity index (χ3n) is 8.75. The summed E-state index contributed by atoms with van der Waals surface area (Å²) in [7, 11) is -4.23. The Hall–Kier alpha value is -2.96.